The summed E-state index contributed by atoms with van der Waals surface area (Å²) in [6.45, 7) is 1.87. The summed E-state index contributed by atoms with van der Waals surface area (Å²) in [5.74, 6) is -1.24. The molecular weight excluding hydrogens is 415 g/mol. The van der Waals surface area contributed by atoms with Gasteiger partial charge in [0.05, 0.1) is 21.9 Å². The standard InChI is InChI=1S/C24H15FN2O5/c1-13-3-2-4-17(11-13)26-21(14-5-8-16(9-6-14)27(30)31)20-22(28)18-12-15(25)7-10-19(18)32-23(20)24(26)29/h2-12,21H,1H3. The number of aryl methyl sites for hydroxylation is 1. The minimum Gasteiger partial charge on any atom is -0.450 e. The summed E-state index contributed by atoms with van der Waals surface area (Å²) in [5, 5.41) is 11.1. The van der Waals surface area contributed by atoms with Crippen LogP contribution in [0.5, 0.6) is 0 Å². The number of amides is 1. The van der Waals surface area contributed by atoms with Crippen molar-refractivity contribution in [3.8, 4) is 0 Å². The summed E-state index contributed by atoms with van der Waals surface area (Å²) in [6, 6.07) is 15.5. The lowest BCUT2D eigenvalue weighted by molar-refractivity contribution is -0.384. The molecule has 0 spiro atoms. The topological polar surface area (TPSA) is 93.7 Å². The molecule has 3 aromatic carbocycles. The van der Waals surface area contributed by atoms with Crippen LogP contribution in [0, 0.1) is 22.9 Å². The number of fused-ring (bicyclic) bond motifs is 2. The molecule has 0 saturated heterocycles. The van der Waals surface area contributed by atoms with Gasteiger partial charge in [0, 0.05) is 17.8 Å². The zero-order valence-corrected chi connectivity index (χ0v) is 16.7. The van der Waals surface area contributed by atoms with Crippen LogP contribution in [0.1, 0.15) is 33.3 Å². The maximum atomic E-state index is 13.8. The Morgan fingerprint density at radius 1 is 1.03 bits per heavy atom. The Balaban J connectivity index is 1.80. The van der Waals surface area contributed by atoms with E-state index < -0.39 is 28.1 Å². The molecule has 1 atom stereocenters. The Kier molecular flexibility index (Phi) is 4.37. The molecular formula is C24H15FN2O5. The number of hydrogen-bond donors (Lipinski definition) is 0. The molecule has 0 N–H and O–H groups in total. The van der Waals surface area contributed by atoms with Gasteiger partial charge in [0.15, 0.2) is 5.43 Å². The van der Waals surface area contributed by atoms with Gasteiger partial charge in [-0.05, 0) is 60.5 Å². The van der Waals surface area contributed by atoms with Crippen molar-refractivity contribution in [2.75, 3.05) is 4.90 Å². The molecule has 0 radical (unpaired) electrons. The van der Waals surface area contributed by atoms with Crippen LogP contribution < -0.4 is 10.3 Å². The van der Waals surface area contributed by atoms with Gasteiger partial charge in [-0.2, -0.15) is 0 Å². The molecule has 1 aliphatic rings. The van der Waals surface area contributed by atoms with Crippen molar-refractivity contribution in [3.05, 3.63) is 115 Å². The van der Waals surface area contributed by atoms with Crippen LogP contribution >= 0.6 is 0 Å². The highest BCUT2D eigenvalue weighted by atomic mass is 19.1. The van der Waals surface area contributed by atoms with E-state index in [0.717, 1.165) is 17.7 Å². The second-order valence-electron chi connectivity index (χ2n) is 7.58. The van der Waals surface area contributed by atoms with Crippen LogP contribution in [0.2, 0.25) is 0 Å². The number of nitro benzene ring substituents is 1. The molecule has 8 heteroatoms. The largest absolute Gasteiger partial charge is 0.450 e. The quantitative estimate of drug-likeness (QED) is 0.340. The molecule has 0 fully saturated rings. The lowest BCUT2D eigenvalue weighted by Crippen LogP contribution is -2.29. The molecule has 0 bridgehead atoms. The van der Waals surface area contributed by atoms with E-state index in [4.69, 9.17) is 4.42 Å². The van der Waals surface area contributed by atoms with Gasteiger partial charge in [-0.3, -0.25) is 24.6 Å². The van der Waals surface area contributed by atoms with Crippen molar-refractivity contribution in [1.82, 2.24) is 0 Å². The van der Waals surface area contributed by atoms with Crippen molar-refractivity contribution in [1.29, 1.82) is 0 Å². The van der Waals surface area contributed by atoms with Gasteiger partial charge in [-0.25, -0.2) is 4.39 Å². The molecule has 2 heterocycles. The number of benzene rings is 3. The third kappa shape index (κ3) is 2.96. The first-order valence-corrected chi connectivity index (χ1v) is 9.76. The van der Waals surface area contributed by atoms with Gasteiger partial charge < -0.3 is 4.42 Å². The highest BCUT2D eigenvalue weighted by molar-refractivity contribution is 6.10. The van der Waals surface area contributed by atoms with E-state index in [2.05, 4.69) is 0 Å². The smallest absolute Gasteiger partial charge is 0.295 e. The van der Waals surface area contributed by atoms with Crippen molar-refractivity contribution in [2.24, 2.45) is 0 Å². The Bertz CT molecular complexity index is 1480. The molecule has 1 amide bonds. The van der Waals surface area contributed by atoms with Gasteiger partial charge in [0.2, 0.25) is 5.76 Å². The second kappa shape index (κ2) is 7.12. The van der Waals surface area contributed by atoms with E-state index in [-0.39, 0.29) is 28.0 Å². The van der Waals surface area contributed by atoms with Crippen LogP contribution in [0.4, 0.5) is 15.8 Å². The average Bonchev–Trinajstić information content (AvgIpc) is 3.07. The number of carbonyl (C=O) groups excluding carboxylic acids is 1. The zero-order valence-electron chi connectivity index (χ0n) is 16.7. The Hall–Kier alpha value is -4.33. The summed E-state index contributed by atoms with van der Waals surface area (Å²) in [7, 11) is 0. The van der Waals surface area contributed by atoms with E-state index in [1.54, 1.807) is 18.2 Å². The van der Waals surface area contributed by atoms with Gasteiger partial charge in [0.25, 0.3) is 11.6 Å². The summed E-state index contributed by atoms with van der Waals surface area (Å²) < 4.78 is 19.6. The number of hydrogen-bond acceptors (Lipinski definition) is 5. The maximum absolute atomic E-state index is 13.8. The minimum absolute atomic E-state index is 0.0227. The number of nitrogens with zero attached hydrogens (tertiary/aromatic N) is 2. The fourth-order valence-electron chi connectivity index (χ4n) is 4.08. The van der Waals surface area contributed by atoms with Gasteiger partial charge >= 0.3 is 0 Å². The van der Waals surface area contributed by atoms with Crippen molar-refractivity contribution < 1.29 is 18.5 Å². The fraction of sp³-hybridized carbons (Fsp3) is 0.0833. The molecule has 32 heavy (non-hydrogen) atoms. The summed E-state index contributed by atoms with van der Waals surface area (Å²) in [6.07, 6.45) is 0. The monoisotopic (exact) mass is 430 g/mol. The Morgan fingerprint density at radius 3 is 2.47 bits per heavy atom. The third-order valence-corrected chi connectivity index (χ3v) is 5.53. The van der Waals surface area contributed by atoms with Gasteiger partial charge in [0.1, 0.15) is 11.4 Å². The zero-order chi connectivity index (χ0) is 22.6. The lowest BCUT2D eigenvalue weighted by Gasteiger charge is -2.25. The Morgan fingerprint density at radius 2 is 1.78 bits per heavy atom. The number of anilines is 1. The van der Waals surface area contributed by atoms with Gasteiger partial charge in [-0.15, -0.1) is 0 Å². The van der Waals surface area contributed by atoms with E-state index in [9.17, 15) is 24.1 Å². The number of halogens is 1. The number of rotatable bonds is 3. The van der Waals surface area contributed by atoms with Crippen molar-refractivity contribution in [3.63, 3.8) is 0 Å². The molecule has 1 aliphatic heterocycles. The van der Waals surface area contributed by atoms with E-state index in [1.807, 2.05) is 13.0 Å². The van der Waals surface area contributed by atoms with Crippen molar-refractivity contribution in [2.45, 2.75) is 13.0 Å². The fourth-order valence-corrected chi connectivity index (χ4v) is 4.08. The van der Waals surface area contributed by atoms with Crippen molar-refractivity contribution >= 4 is 28.3 Å². The van der Waals surface area contributed by atoms with Crippen LogP contribution in [0.25, 0.3) is 11.0 Å². The molecule has 4 aromatic rings. The SMILES string of the molecule is Cc1cccc(N2C(=O)c3oc4ccc(F)cc4c(=O)c3C2c2ccc([N+](=O)[O-])cc2)c1. The molecule has 5 rings (SSSR count). The molecule has 1 unspecified atom stereocenters. The summed E-state index contributed by atoms with van der Waals surface area (Å²) >= 11 is 0. The molecule has 158 valence electrons. The summed E-state index contributed by atoms with van der Waals surface area (Å²) in [5.41, 5.74) is 1.48. The average molecular weight is 430 g/mol. The van der Waals surface area contributed by atoms with E-state index in [1.165, 1.54) is 35.2 Å². The van der Waals surface area contributed by atoms with Crippen LogP contribution in [-0.4, -0.2) is 10.8 Å². The third-order valence-electron chi connectivity index (χ3n) is 5.53. The van der Waals surface area contributed by atoms with Crippen LogP contribution in [0.15, 0.2) is 75.9 Å². The van der Waals surface area contributed by atoms with Gasteiger partial charge in [-0.1, -0.05) is 12.1 Å². The first-order valence-electron chi connectivity index (χ1n) is 9.76. The molecule has 7 nitrogen and oxygen atoms in total. The maximum Gasteiger partial charge on any atom is 0.295 e. The minimum atomic E-state index is -0.885. The number of nitro groups is 1. The first kappa shape index (κ1) is 19.6. The Labute approximate surface area is 180 Å². The number of non-ortho nitro benzene ring substituents is 1. The molecule has 0 saturated carbocycles. The van der Waals surface area contributed by atoms with E-state index >= 15 is 0 Å². The highest BCUT2D eigenvalue weighted by Gasteiger charge is 2.43. The highest BCUT2D eigenvalue weighted by Crippen LogP contribution is 2.41. The van der Waals surface area contributed by atoms with Crippen LogP contribution in [0.3, 0.4) is 0 Å². The molecule has 0 aliphatic carbocycles. The lowest BCUT2D eigenvalue weighted by atomic mass is 9.98. The summed E-state index contributed by atoms with van der Waals surface area (Å²) in [4.78, 5) is 38.8. The first-order chi connectivity index (χ1) is 15.3. The predicted octanol–water partition coefficient (Wildman–Crippen LogP) is 4.90. The van der Waals surface area contributed by atoms with E-state index in [0.29, 0.717) is 11.3 Å². The predicted molar refractivity (Wildman–Crippen MR) is 115 cm³/mol. The van der Waals surface area contributed by atoms with Crippen LogP contribution in [-0.2, 0) is 0 Å². The normalized spacial score (nSPS) is 15.2. The number of carbonyl (C=O) groups is 1. The molecule has 1 aromatic heterocycles. The second-order valence-corrected chi connectivity index (χ2v) is 7.58.